The van der Waals surface area contributed by atoms with Crippen molar-refractivity contribution in [3.8, 4) is 0 Å². The summed E-state index contributed by atoms with van der Waals surface area (Å²) in [4.78, 5) is 11.1. The summed E-state index contributed by atoms with van der Waals surface area (Å²) >= 11 is 0. The summed E-state index contributed by atoms with van der Waals surface area (Å²) in [5.41, 5.74) is -0.547. The number of hydrogen-bond acceptors (Lipinski definition) is 5. The molecule has 4 aliphatic carbocycles. The van der Waals surface area contributed by atoms with E-state index in [2.05, 4.69) is 20.8 Å². The Morgan fingerprint density at radius 1 is 0.967 bits per heavy atom. The first kappa shape index (κ1) is 22.5. The van der Waals surface area contributed by atoms with Crippen LogP contribution in [0.2, 0.25) is 0 Å². The van der Waals surface area contributed by atoms with Gasteiger partial charge in [0.2, 0.25) is 0 Å². The van der Waals surface area contributed by atoms with Crippen LogP contribution in [0.4, 0.5) is 0 Å². The molecule has 12 atom stereocenters. The van der Waals surface area contributed by atoms with Crippen molar-refractivity contribution in [2.24, 2.45) is 46.3 Å². The predicted molar refractivity (Wildman–Crippen MR) is 111 cm³/mol. The number of aliphatic carboxylic acids is 1. The molecule has 30 heavy (non-hydrogen) atoms. The number of fused-ring (bicyclic) bond motifs is 5. The molecular formula is C24H40O6. The molecule has 0 aromatic heterocycles. The predicted octanol–water partition coefficient (Wildman–Crippen LogP) is 2.42. The van der Waals surface area contributed by atoms with E-state index >= 15 is 0 Å². The maximum absolute atomic E-state index is 11.5. The lowest BCUT2D eigenvalue weighted by Gasteiger charge is -2.64. The van der Waals surface area contributed by atoms with Crippen molar-refractivity contribution in [1.82, 2.24) is 0 Å². The Labute approximate surface area is 179 Å². The van der Waals surface area contributed by atoms with E-state index < -0.39 is 30.4 Å². The highest BCUT2D eigenvalue weighted by Gasteiger charge is 2.67. The highest BCUT2D eigenvalue weighted by Crippen LogP contribution is 2.68. The number of carboxylic acid groups (broad SMARTS) is 1. The van der Waals surface area contributed by atoms with Gasteiger partial charge in [0, 0.05) is 6.42 Å². The Balaban J connectivity index is 1.64. The summed E-state index contributed by atoms with van der Waals surface area (Å²) in [6, 6.07) is 0. The van der Waals surface area contributed by atoms with Crippen LogP contribution in [0.3, 0.4) is 0 Å². The van der Waals surface area contributed by atoms with Gasteiger partial charge in [0.25, 0.3) is 0 Å². The topological polar surface area (TPSA) is 118 Å². The second kappa shape index (κ2) is 7.72. The monoisotopic (exact) mass is 424 g/mol. The van der Waals surface area contributed by atoms with E-state index in [1.165, 1.54) is 0 Å². The number of rotatable bonds is 4. The van der Waals surface area contributed by atoms with Gasteiger partial charge in [-0.1, -0.05) is 20.8 Å². The number of carboxylic acids is 1. The molecule has 0 saturated heterocycles. The third-order valence-electron chi connectivity index (χ3n) is 10.4. The first-order valence-corrected chi connectivity index (χ1v) is 12.0. The quantitative estimate of drug-likeness (QED) is 0.473. The summed E-state index contributed by atoms with van der Waals surface area (Å²) in [5, 5.41) is 53.1. The van der Waals surface area contributed by atoms with Gasteiger partial charge in [0.1, 0.15) is 0 Å². The molecule has 0 aromatic rings. The van der Waals surface area contributed by atoms with E-state index in [-0.39, 0.29) is 52.8 Å². The van der Waals surface area contributed by atoms with Crippen LogP contribution in [0.15, 0.2) is 0 Å². The van der Waals surface area contributed by atoms with Crippen LogP contribution < -0.4 is 0 Å². The normalized spacial score (nSPS) is 54.0. The average Bonchev–Trinajstić information content (AvgIpc) is 3.05. The van der Waals surface area contributed by atoms with Crippen molar-refractivity contribution in [3.63, 3.8) is 0 Å². The number of aliphatic hydroxyl groups excluding tert-OH is 4. The van der Waals surface area contributed by atoms with Gasteiger partial charge >= 0.3 is 5.97 Å². The van der Waals surface area contributed by atoms with Crippen molar-refractivity contribution in [3.05, 3.63) is 0 Å². The van der Waals surface area contributed by atoms with Crippen LogP contribution in [0.25, 0.3) is 0 Å². The average molecular weight is 425 g/mol. The Hall–Kier alpha value is -0.690. The third-order valence-corrected chi connectivity index (χ3v) is 10.4. The third kappa shape index (κ3) is 3.16. The molecule has 0 amide bonds. The van der Waals surface area contributed by atoms with Crippen LogP contribution >= 0.6 is 0 Å². The minimum atomic E-state index is -0.839. The Morgan fingerprint density at radius 2 is 1.67 bits per heavy atom. The molecule has 0 bridgehead atoms. The van der Waals surface area contributed by atoms with Gasteiger partial charge < -0.3 is 25.5 Å². The van der Waals surface area contributed by atoms with Gasteiger partial charge in [0.05, 0.1) is 24.4 Å². The van der Waals surface area contributed by atoms with Gasteiger partial charge in [-0.15, -0.1) is 0 Å². The van der Waals surface area contributed by atoms with E-state index in [1.807, 2.05) is 0 Å². The first-order chi connectivity index (χ1) is 14.0. The maximum Gasteiger partial charge on any atom is 0.303 e. The second-order valence-corrected chi connectivity index (χ2v) is 11.5. The lowest BCUT2D eigenvalue weighted by atomic mass is 9.42. The first-order valence-electron chi connectivity index (χ1n) is 12.0. The minimum Gasteiger partial charge on any atom is -0.481 e. The van der Waals surface area contributed by atoms with E-state index in [0.717, 1.165) is 19.3 Å². The molecule has 172 valence electrons. The summed E-state index contributed by atoms with van der Waals surface area (Å²) in [6.45, 7) is 6.45. The maximum atomic E-state index is 11.5. The molecule has 0 spiro atoms. The molecule has 0 aromatic carbocycles. The molecule has 5 N–H and O–H groups in total. The Morgan fingerprint density at radius 3 is 2.33 bits per heavy atom. The highest BCUT2D eigenvalue weighted by atomic mass is 16.4. The summed E-state index contributed by atoms with van der Waals surface area (Å²) < 4.78 is 0. The lowest BCUT2D eigenvalue weighted by Crippen LogP contribution is -2.66. The zero-order valence-electron chi connectivity index (χ0n) is 18.6. The van der Waals surface area contributed by atoms with Gasteiger partial charge in [-0.3, -0.25) is 4.79 Å². The van der Waals surface area contributed by atoms with Crippen LogP contribution in [0.1, 0.15) is 72.1 Å². The smallest absolute Gasteiger partial charge is 0.303 e. The fourth-order valence-corrected chi connectivity index (χ4v) is 8.72. The van der Waals surface area contributed by atoms with Gasteiger partial charge in [-0.25, -0.2) is 0 Å². The van der Waals surface area contributed by atoms with Crippen LogP contribution in [-0.2, 0) is 4.79 Å². The van der Waals surface area contributed by atoms with Gasteiger partial charge in [0.15, 0.2) is 0 Å². The van der Waals surface area contributed by atoms with E-state index in [9.17, 15) is 25.2 Å². The molecular weight excluding hydrogens is 384 g/mol. The highest BCUT2D eigenvalue weighted by molar-refractivity contribution is 5.66. The molecule has 4 rings (SSSR count). The van der Waals surface area contributed by atoms with Crippen LogP contribution in [-0.4, -0.2) is 55.9 Å². The van der Waals surface area contributed by atoms with Gasteiger partial charge in [-0.2, -0.15) is 0 Å². The minimum absolute atomic E-state index is 0.0541. The number of aliphatic hydroxyl groups is 4. The zero-order chi connectivity index (χ0) is 22.0. The fourth-order valence-electron chi connectivity index (χ4n) is 8.72. The number of carbonyl (C=O) groups is 1. The molecule has 0 radical (unpaired) electrons. The fraction of sp³-hybridized carbons (Fsp3) is 0.958. The summed E-state index contributed by atoms with van der Waals surface area (Å²) in [6.07, 6.45) is 2.67. The second-order valence-electron chi connectivity index (χ2n) is 11.5. The van der Waals surface area contributed by atoms with Crippen molar-refractivity contribution < 1.29 is 30.3 Å². The largest absolute Gasteiger partial charge is 0.481 e. The molecule has 0 unspecified atom stereocenters. The van der Waals surface area contributed by atoms with Crippen molar-refractivity contribution in [2.75, 3.05) is 0 Å². The molecule has 0 heterocycles. The molecule has 0 aliphatic heterocycles. The SMILES string of the molecule is C[C@H](CCC(=O)O)[C@H]1CC[C@H]2[C@@H]3[C@H](O)[C@@H](O)[C@@H]4C[C@H](O)CC[C@]4(C)[C@H]3C[C@@H](O)[C@]12C. The summed E-state index contributed by atoms with van der Waals surface area (Å²) in [5.74, 6) is -0.299. The lowest BCUT2D eigenvalue weighted by molar-refractivity contribution is -0.243. The zero-order valence-corrected chi connectivity index (χ0v) is 18.6. The van der Waals surface area contributed by atoms with Crippen molar-refractivity contribution in [2.45, 2.75) is 96.6 Å². The van der Waals surface area contributed by atoms with Crippen LogP contribution in [0, 0.1) is 46.3 Å². The van der Waals surface area contributed by atoms with Crippen LogP contribution in [0.5, 0.6) is 0 Å². The van der Waals surface area contributed by atoms with E-state index in [1.54, 1.807) is 0 Å². The molecule has 4 saturated carbocycles. The van der Waals surface area contributed by atoms with E-state index in [4.69, 9.17) is 5.11 Å². The standard InChI is InChI=1S/C24H40O6/c1-12(4-7-19(27)28)14-5-6-15-20-16(11-18(26)24(14,15)3)23(2)9-8-13(25)10-17(23)21(29)22(20)30/h12-18,20-22,25-26,29-30H,4-11H2,1-3H3,(H,27,28)/t12-,13-,14-,15+,16+,17+,18-,20+,21+,22+,23-,24-/m1/s1. The van der Waals surface area contributed by atoms with E-state index in [0.29, 0.717) is 25.7 Å². The van der Waals surface area contributed by atoms with Crippen molar-refractivity contribution >= 4 is 5.97 Å². The van der Waals surface area contributed by atoms with Crippen molar-refractivity contribution in [1.29, 1.82) is 0 Å². The molecule has 6 nitrogen and oxygen atoms in total. The molecule has 4 fully saturated rings. The molecule has 6 heteroatoms. The Kier molecular flexibility index (Phi) is 5.79. The number of hydrogen-bond donors (Lipinski definition) is 5. The molecule has 4 aliphatic rings. The summed E-state index contributed by atoms with van der Waals surface area (Å²) in [7, 11) is 0. The Bertz CT molecular complexity index is 668. The van der Waals surface area contributed by atoms with Gasteiger partial charge in [-0.05, 0) is 91.3 Å².